The number of carbonyl (C=O) groups is 2. The Morgan fingerprint density at radius 1 is 0.842 bits per heavy atom. The number of ether oxygens (including phenoxy) is 5. The van der Waals surface area contributed by atoms with Gasteiger partial charge in [0.05, 0.1) is 28.4 Å². The van der Waals surface area contributed by atoms with E-state index in [1.54, 1.807) is 60.5 Å². The molecule has 3 aromatic carbocycles. The number of carboxylic acid groups (broad SMARTS) is 1. The highest BCUT2D eigenvalue weighted by Gasteiger charge is 2.56. The van der Waals surface area contributed by atoms with Crippen LogP contribution in [-0.4, -0.2) is 63.0 Å². The normalized spacial score (nSPS) is 17.1. The molecule has 1 aliphatic heterocycles. The molecule has 0 aliphatic carbocycles. The molecule has 2 atom stereocenters. The van der Waals surface area contributed by atoms with Crippen LogP contribution in [0.25, 0.3) is 0 Å². The van der Waals surface area contributed by atoms with Gasteiger partial charge >= 0.3 is 5.97 Å². The van der Waals surface area contributed by atoms with Gasteiger partial charge < -0.3 is 33.7 Å². The van der Waals surface area contributed by atoms with Gasteiger partial charge in [-0.25, -0.2) is 4.79 Å². The highest BCUT2D eigenvalue weighted by Crippen LogP contribution is 2.48. The maximum absolute atomic E-state index is 13.2. The Labute approximate surface area is 221 Å². The lowest BCUT2D eigenvalue weighted by Gasteiger charge is -2.50. The molecule has 0 aromatic heterocycles. The minimum Gasteiger partial charge on any atom is -0.496 e. The molecular formula is C29H31NO8. The van der Waals surface area contributed by atoms with Crippen molar-refractivity contribution in [3.05, 3.63) is 77.4 Å². The summed E-state index contributed by atoms with van der Waals surface area (Å²) in [5.74, 6) is 0.420. The molecule has 0 saturated carbocycles. The van der Waals surface area contributed by atoms with Gasteiger partial charge in [0, 0.05) is 31.7 Å². The average Bonchev–Trinajstić information content (AvgIpc) is 2.94. The fourth-order valence-corrected chi connectivity index (χ4v) is 5.18. The average molecular weight is 522 g/mol. The standard InChI is InChI=1S/C29H31NO8/c1-18(31)30-12-11-19-13-25(36-4)26(37-5)17-24(19)29(30,20-9-7-6-8-10-20)27(28(32)33)38-23-15-21(34-2)14-22(16-23)35-3/h6-10,13-17,27H,11-12H2,1-5H3,(H,32,33). The number of carboxylic acids is 1. The Bertz CT molecular complexity index is 1300. The molecule has 1 amide bonds. The van der Waals surface area contributed by atoms with Crippen molar-refractivity contribution in [1.29, 1.82) is 0 Å². The summed E-state index contributed by atoms with van der Waals surface area (Å²) >= 11 is 0. The van der Waals surface area contributed by atoms with E-state index in [4.69, 9.17) is 23.7 Å². The van der Waals surface area contributed by atoms with Crippen LogP contribution in [0.1, 0.15) is 23.6 Å². The summed E-state index contributed by atoms with van der Waals surface area (Å²) in [6.45, 7) is 1.69. The molecule has 9 nitrogen and oxygen atoms in total. The minimum absolute atomic E-state index is 0.208. The summed E-state index contributed by atoms with van der Waals surface area (Å²) < 4.78 is 28.1. The van der Waals surface area contributed by atoms with Gasteiger partial charge in [0.2, 0.25) is 12.0 Å². The van der Waals surface area contributed by atoms with E-state index in [9.17, 15) is 14.7 Å². The summed E-state index contributed by atoms with van der Waals surface area (Å²) in [5, 5.41) is 10.7. The second kappa shape index (κ2) is 10.9. The van der Waals surface area contributed by atoms with Gasteiger partial charge in [0.25, 0.3) is 0 Å². The molecule has 1 aliphatic rings. The van der Waals surface area contributed by atoms with E-state index < -0.39 is 17.6 Å². The van der Waals surface area contributed by atoms with E-state index in [0.717, 1.165) is 5.56 Å². The number of hydrogen-bond donors (Lipinski definition) is 1. The number of benzene rings is 3. The SMILES string of the molecule is COc1cc(OC)cc(OC(C(=O)O)C2(c3ccccc3)c3cc(OC)c(OC)cc3CCN2C(C)=O)c1. The molecule has 200 valence electrons. The predicted octanol–water partition coefficient (Wildman–Crippen LogP) is 3.90. The number of hydrogen-bond acceptors (Lipinski definition) is 7. The predicted molar refractivity (Wildman–Crippen MR) is 139 cm³/mol. The molecule has 2 unspecified atom stereocenters. The van der Waals surface area contributed by atoms with Crippen molar-refractivity contribution < 1.29 is 38.4 Å². The highest BCUT2D eigenvalue weighted by atomic mass is 16.5. The molecule has 1 N–H and O–H groups in total. The summed E-state index contributed by atoms with van der Waals surface area (Å²) in [6.07, 6.45) is -1.08. The lowest BCUT2D eigenvalue weighted by atomic mass is 9.71. The van der Waals surface area contributed by atoms with E-state index in [2.05, 4.69) is 0 Å². The van der Waals surface area contributed by atoms with Crippen molar-refractivity contribution in [3.8, 4) is 28.7 Å². The van der Waals surface area contributed by atoms with Gasteiger partial charge in [-0.3, -0.25) is 4.79 Å². The van der Waals surface area contributed by atoms with Crippen LogP contribution < -0.4 is 23.7 Å². The molecule has 9 heteroatoms. The Balaban J connectivity index is 2.06. The van der Waals surface area contributed by atoms with Crippen molar-refractivity contribution in [2.24, 2.45) is 0 Å². The zero-order chi connectivity index (χ0) is 27.4. The summed E-state index contributed by atoms with van der Waals surface area (Å²) in [4.78, 5) is 28.0. The largest absolute Gasteiger partial charge is 0.496 e. The third-order valence-electron chi connectivity index (χ3n) is 6.83. The fourth-order valence-electron chi connectivity index (χ4n) is 5.18. The molecule has 0 spiro atoms. The van der Waals surface area contributed by atoms with Gasteiger partial charge in [-0.15, -0.1) is 0 Å². The Morgan fingerprint density at radius 2 is 1.42 bits per heavy atom. The quantitative estimate of drug-likeness (QED) is 0.452. The van der Waals surface area contributed by atoms with E-state index in [-0.39, 0.29) is 18.2 Å². The maximum Gasteiger partial charge on any atom is 0.348 e. The molecule has 0 radical (unpaired) electrons. The molecule has 38 heavy (non-hydrogen) atoms. The highest BCUT2D eigenvalue weighted by molar-refractivity contribution is 5.83. The van der Waals surface area contributed by atoms with Crippen LogP contribution in [0.2, 0.25) is 0 Å². The van der Waals surface area contributed by atoms with Gasteiger partial charge in [-0.2, -0.15) is 0 Å². The minimum atomic E-state index is -1.57. The third kappa shape index (κ3) is 4.55. The van der Waals surface area contributed by atoms with Gasteiger partial charge in [0.15, 0.2) is 11.5 Å². The van der Waals surface area contributed by atoms with Crippen LogP contribution in [-0.2, 0) is 21.5 Å². The van der Waals surface area contributed by atoms with Gasteiger partial charge in [-0.05, 0) is 35.2 Å². The third-order valence-corrected chi connectivity index (χ3v) is 6.83. The summed E-state index contributed by atoms with van der Waals surface area (Å²) in [5.41, 5.74) is 0.417. The first kappa shape index (κ1) is 26.7. The van der Waals surface area contributed by atoms with Crippen molar-refractivity contribution in [1.82, 2.24) is 4.90 Å². The van der Waals surface area contributed by atoms with Crippen LogP contribution in [0.3, 0.4) is 0 Å². The van der Waals surface area contributed by atoms with Crippen LogP contribution in [0.4, 0.5) is 0 Å². The van der Waals surface area contributed by atoms with Crippen molar-refractivity contribution in [2.75, 3.05) is 35.0 Å². The van der Waals surface area contributed by atoms with Crippen molar-refractivity contribution in [2.45, 2.75) is 25.0 Å². The van der Waals surface area contributed by atoms with E-state index >= 15 is 0 Å². The molecular weight excluding hydrogens is 490 g/mol. The zero-order valence-electron chi connectivity index (χ0n) is 22.0. The lowest BCUT2D eigenvalue weighted by Crippen LogP contribution is -2.63. The fraction of sp³-hybridized carbons (Fsp3) is 0.310. The van der Waals surface area contributed by atoms with E-state index in [0.29, 0.717) is 40.5 Å². The topological polar surface area (TPSA) is 104 Å². The molecule has 3 aromatic rings. The summed E-state index contributed by atoms with van der Waals surface area (Å²) in [7, 11) is 6.03. The van der Waals surface area contributed by atoms with Gasteiger partial charge in [0.1, 0.15) is 22.8 Å². The Hall–Kier alpha value is -4.40. The lowest BCUT2D eigenvalue weighted by molar-refractivity contribution is -0.157. The molecule has 0 saturated heterocycles. The second-order valence-corrected chi connectivity index (χ2v) is 8.80. The number of amides is 1. The van der Waals surface area contributed by atoms with E-state index in [1.165, 1.54) is 28.3 Å². The zero-order valence-corrected chi connectivity index (χ0v) is 22.0. The molecule has 4 rings (SSSR count). The van der Waals surface area contributed by atoms with Crippen LogP contribution in [0, 0.1) is 0 Å². The summed E-state index contributed by atoms with van der Waals surface area (Å²) in [6, 6.07) is 17.4. The first-order valence-corrected chi connectivity index (χ1v) is 12.0. The van der Waals surface area contributed by atoms with E-state index in [1.807, 2.05) is 12.1 Å². The molecule has 0 bridgehead atoms. The van der Waals surface area contributed by atoms with Crippen LogP contribution >= 0.6 is 0 Å². The number of carbonyl (C=O) groups excluding carboxylic acids is 1. The number of fused-ring (bicyclic) bond motifs is 1. The number of rotatable bonds is 9. The van der Waals surface area contributed by atoms with Crippen LogP contribution in [0.15, 0.2) is 60.7 Å². The van der Waals surface area contributed by atoms with Crippen molar-refractivity contribution in [3.63, 3.8) is 0 Å². The Morgan fingerprint density at radius 3 is 1.95 bits per heavy atom. The number of nitrogens with zero attached hydrogens (tertiary/aromatic N) is 1. The van der Waals surface area contributed by atoms with Crippen molar-refractivity contribution >= 4 is 11.9 Å². The smallest absolute Gasteiger partial charge is 0.348 e. The Kier molecular flexibility index (Phi) is 7.66. The molecule has 0 fully saturated rings. The number of aliphatic carboxylic acids is 1. The van der Waals surface area contributed by atoms with Gasteiger partial charge in [-0.1, -0.05) is 30.3 Å². The monoisotopic (exact) mass is 521 g/mol. The first-order chi connectivity index (χ1) is 18.3. The maximum atomic E-state index is 13.2. The second-order valence-electron chi connectivity index (χ2n) is 8.80. The number of methoxy groups -OCH3 is 4. The van der Waals surface area contributed by atoms with Crippen LogP contribution in [0.5, 0.6) is 28.7 Å². The first-order valence-electron chi connectivity index (χ1n) is 12.0. The molecule has 1 heterocycles.